The molecule has 6 heteroatoms. The summed E-state index contributed by atoms with van der Waals surface area (Å²) in [7, 11) is 0. The van der Waals surface area contributed by atoms with Crippen LogP contribution in [0.15, 0.2) is 300 Å². The molecule has 0 saturated carbocycles. The second-order valence-electron chi connectivity index (χ2n) is 24.2. The molecule has 22 aromatic rings. The quantitative estimate of drug-likeness (QED) is 0.176. The molecule has 0 aliphatic rings. The summed E-state index contributed by atoms with van der Waals surface area (Å²) in [4.78, 5) is 0. The third kappa shape index (κ3) is 6.30. The predicted octanol–water partition coefficient (Wildman–Crippen LogP) is 23.0. The molecular formula is C84H48N4O2. The van der Waals surface area contributed by atoms with E-state index in [1.54, 1.807) is 0 Å². The van der Waals surface area contributed by atoms with Crippen molar-refractivity contribution in [3.05, 3.63) is 291 Å². The summed E-state index contributed by atoms with van der Waals surface area (Å²) in [5, 5.41) is 20.1. The lowest BCUT2D eigenvalue weighted by atomic mass is 9.99. The number of hydrogen-bond acceptors (Lipinski definition) is 2. The molecule has 0 spiro atoms. The Labute approximate surface area is 512 Å². The van der Waals surface area contributed by atoms with Crippen molar-refractivity contribution in [2.75, 3.05) is 0 Å². The van der Waals surface area contributed by atoms with Gasteiger partial charge in [0.25, 0.3) is 0 Å². The van der Waals surface area contributed by atoms with Crippen LogP contribution in [0.5, 0.6) is 0 Å². The van der Waals surface area contributed by atoms with Gasteiger partial charge in [0.05, 0.1) is 55.2 Å². The Hall–Kier alpha value is -12.1. The van der Waals surface area contributed by atoms with Crippen LogP contribution in [-0.2, 0) is 0 Å². The highest BCUT2D eigenvalue weighted by Gasteiger charge is 2.26. The molecule has 14 aromatic carbocycles. The number of aromatic nitrogens is 4. The minimum atomic E-state index is 0.914. The Bertz CT molecular complexity index is 6780. The molecule has 22 rings (SSSR count). The summed E-state index contributed by atoms with van der Waals surface area (Å²) in [6.07, 6.45) is 0. The van der Waals surface area contributed by atoms with Crippen LogP contribution in [-0.4, -0.2) is 17.9 Å². The summed E-state index contributed by atoms with van der Waals surface area (Å²) in [6, 6.07) is 106. The Morgan fingerprint density at radius 3 is 1.07 bits per heavy atom. The van der Waals surface area contributed by atoms with Gasteiger partial charge in [-0.2, -0.15) is 0 Å². The van der Waals surface area contributed by atoms with E-state index in [0.717, 1.165) is 49.9 Å². The molecule has 8 aromatic heterocycles. The van der Waals surface area contributed by atoms with Crippen molar-refractivity contribution in [2.24, 2.45) is 0 Å². The van der Waals surface area contributed by atoms with Crippen LogP contribution in [0.4, 0.5) is 0 Å². The maximum Gasteiger partial charge on any atom is 0.136 e. The Morgan fingerprint density at radius 1 is 0.200 bits per heavy atom. The van der Waals surface area contributed by atoms with Crippen molar-refractivity contribution in [1.82, 2.24) is 17.9 Å². The summed E-state index contributed by atoms with van der Waals surface area (Å²) in [6.45, 7) is 0. The van der Waals surface area contributed by atoms with Crippen molar-refractivity contribution >= 4 is 164 Å². The molecule has 0 saturated heterocycles. The van der Waals surface area contributed by atoms with Crippen molar-refractivity contribution < 1.29 is 8.83 Å². The third-order valence-electron chi connectivity index (χ3n) is 19.7. The summed E-state index contributed by atoms with van der Waals surface area (Å²) in [5.74, 6) is 0. The SMILES string of the molecule is c1cc(-c2cccc3oc4ccccc4c23)cc(-n2c3cccc4c5ccccc5n5c6ccccc6c6ccc2c(c43)c65)c1.c1ccc2c(c1)oc1cccc(-c3ccc(-n4c5cccc6c7ccccc7n7c8ccccc8c8ccc4c(c65)c87)cc3)c12. The first-order chi connectivity index (χ1) is 44.7. The van der Waals surface area contributed by atoms with E-state index in [1.165, 1.54) is 147 Å². The van der Waals surface area contributed by atoms with Crippen molar-refractivity contribution in [3.8, 4) is 33.6 Å². The lowest BCUT2D eigenvalue weighted by molar-refractivity contribution is 0.668. The number of hydrogen-bond donors (Lipinski definition) is 0. The van der Waals surface area contributed by atoms with E-state index < -0.39 is 0 Å². The normalized spacial score (nSPS) is 12.4. The highest BCUT2D eigenvalue weighted by Crippen LogP contribution is 2.49. The second kappa shape index (κ2) is 17.8. The molecule has 8 heterocycles. The van der Waals surface area contributed by atoms with Gasteiger partial charge in [0.15, 0.2) is 0 Å². The fraction of sp³-hybridized carbons (Fsp3) is 0. The van der Waals surface area contributed by atoms with Gasteiger partial charge in [-0.3, -0.25) is 0 Å². The largest absolute Gasteiger partial charge is 0.456 e. The lowest BCUT2D eigenvalue weighted by Gasteiger charge is -2.12. The van der Waals surface area contributed by atoms with Gasteiger partial charge in [0, 0.05) is 86.8 Å². The molecule has 90 heavy (non-hydrogen) atoms. The van der Waals surface area contributed by atoms with Crippen LogP contribution in [0.1, 0.15) is 0 Å². The van der Waals surface area contributed by atoms with Gasteiger partial charge in [-0.1, -0.05) is 194 Å². The van der Waals surface area contributed by atoms with Gasteiger partial charge in [-0.05, 0) is 130 Å². The van der Waals surface area contributed by atoms with Gasteiger partial charge < -0.3 is 26.8 Å². The maximum absolute atomic E-state index is 6.25. The van der Waals surface area contributed by atoms with E-state index in [0.29, 0.717) is 0 Å². The molecule has 0 amide bonds. The van der Waals surface area contributed by atoms with Gasteiger partial charge in [0.2, 0.25) is 0 Å². The molecule has 0 radical (unpaired) electrons. The first-order valence-corrected chi connectivity index (χ1v) is 30.9. The smallest absolute Gasteiger partial charge is 0.136 e. The van der Waals surface area contributed by atoms with Crippen LogP contribution in [0.3, 0.4) is 0 Å². The fourth-order valence-corrected chi connectivity index (χ4v) is 16.1. The molecule has 0 unspecified atom stereocenters. The molecule has 6 nitrogen and oxygen atoms in total. The van der Waals surface area contributed by atoms with E-state index in [1.807, 2.05) is 24.3 Å². The van der Waals surface area contributed by atoms with E-state index in [-0.39, 0.29) is 0 Å². The summed E-state index contributed by atoms with van der Waals surface area (Å²) in [5.41, 5.74) is 23.0. The first-order valence-electron chi connectivity index (χ1n) is 30.9. The highest BCUT2D eigenvalue weighted by molar-refractivity contribution is 6.35. The number of nitrogens with zero attached hydrogens (tertiary/aromatic N) is 4. The standard InChI is InChI=1S/2C42H24N2O/c1-4-17-33-28(12-1)30-16-8-19-35-40(30)41-36(23-22-31-29-13-2-5-18-34(29)44(33)42(31)41)43(35)26-11-7-10-25(24-26)27-15-9-21-38-39(27)32-14-3-6-20-37(32)45-38;1-4-14-33-28(9-1)30-13-7-16-35-40(30)41-36(24-23-31-29-10-2-5-15-34(29)44(33)42(31)41)43(35)26-21-19-25(20-22-26)27-12-8-18-38-39(27)32-11-3-6-17-37(32)45-38/h2*1-24H. The molecule has 0 fully saturated rings. The average molecular weight is 1150 g/mol. The number of rotatable bonds is 4. The van der Waals surface area contributed by atoms with Crippen molar-refractivity contribution in [3.63, 3.8) is 0 Å². The van der Waals surface area contributed by atoms with Crippen LogP contribution >= 0.6 is 0 Å². The highest BCUT2D eigenvalue weighted by atomic mass is 16.3. The van der Waals surface area contributed by atoms with E-state index in [9.17, 15) is 0 Å². The minimum Gasteiger partial charge on any atom is -0.456 e. The summed E-state index contributed by atoms with van der Waals surface area (Å²) >= 11 is 0. The Kier molecular flexibility index (Phi) is 9.48. The zero-order valence-electron chi connectivity index (χ0n) is 48.3. The number of fused-ring (bicyclic) bond motifs is 18. The monoisotopic (exact) mass is 1140 g/mol. The van der Waals surface area contributed by atoms with Crippen LogP contribution in [0.25, 0.3) is 197 Å². The zero-order valence-corrected chi connectivity index (χ0v) is 48.3. The van der Waals surface area contributed by atoms with Crippen LogP contribution in [0.2, 0.25) is 0 Å². The fourth-order valence-electron chi connectivity index (χ4n) is 16.1. The number of furan rings is 2. The van der Waals surface area contributed by atoms with Gasteiger partial charge in [-0.25, -0.2) is 0 Å². The van der Waals surface area contributed by atoms with Crippen molar-refractivity contribution in [1.29, 1.82) is 0 Å². The number of benzene rings is 14. The molecule has 0 atom stereocenters. The topological polar surface area (TPSA) is 45.0 Å². The minimum absolute atomic E-state index is 0.914. The number of para-hydroxylation sites is 6. The molecule has 416 valence electrons. The lowest BCUT2D eigenvalue weighted by Crippen LogP contribution is -1.95. The van der Waals surface area contributed by atoms with E-state index in [2.05, 4.69) is 285 Å². The van der Waals surface area contributed by atoms with Crippen LogP contribution < -0.4 is 0 Å². The second-order valence-corrected chi connectivity index (χ2v) is 24.2. The molecule has 0 aliphatic heterocycles. The van der Waals surface area contributed by atoms with Gasteiger partial charge >= 0.3 is 0 Å². The molecule has 0 bridgehead atoms. The maximum atomic E-state index is 6.25. The third-order valence-corrected chi connectivity index (χ3v) is 19.7. The molecule has 0 N–H and O–H groups in total. The Balaban J connectivity index is 0.000000122. The van der Waals surface area contributed by atoms with Crippen molar-refractivity contribution in [2.45, 2.75) is 0 Å². The van der Waals surface area contributed by atoms with Gasteiger partial charge in [0.1, 0.15) is 22.3 Å². The molecular weight excluding hydrogens is 1100 g/mol. The molecule has 0 aliphatic carbocycles. The summed E-state index contributed by atoms with van der Waals surface area (Å²) < 4.78 is 22.3. The first kappa shape index (κ1) is 48.0. The average Bonchev–Trinajstić information content (AvgIpc) is 1.55. The zero-order chi connectivity index (χ0) is 58.4. The Morgan fingerprint density at radius 2 is 0.567 bits per heavy atom. The predicted molar refractivity (Wildman–Crippen MR) is 376 cm³/mol. The van der Waals surface area contributed by atoms with E-state index >= 15 is 0 Å². The van der Waals surface area contributed by atoms with Gasteiger partial charge in [-0.15, -0.1) is 0 Å². The van der Waals surface area contributed by atoms with E-state index in [4.69, 9.17) is 8.83 Å². The van der Waals surface area contributed by atoms with Crippen LogP contribution in [0, 0.1) is 0 Å².